The standard InChI is InChI=1S/C28H23N7O/c1-16(2)28(36)32-19-11-18(14-29-15-19)17-6-7-24-22(12-17)26(35-34-24)25-13-21-20(8-10-31-27(21)33-25)23-5-3-4-9-30-23/h3-16H,1-2H3,(H,31,33)(H,32,36)(H,34,35). The van der Waals surface area contributed by atoms with E-state index in [1.54, 1.807) is 24.8 Å². The van der Waals surface area contributed by atoms with Gasteiger partial charge in [0.1, 0.15) is 11.3 Å². The van der Waals surface area contributed by atoms with Crippen LogP contribution < -0.4 is 5.32 Å². The van der Waals surface area contributed by atoms with Gasteiger partial charge in [-0.2, -0.15) is 5.10 Å². The number of H-pyrrole nitrogens is 2. The van der Waals surface area contributed by atoms with Gasteiger partial charge in [0, 0.05) is 46.4 Å². The number of rotatable bonds is 5. The average Bonchev–Trinajstić information content (AvgIpc) is 3.53. The Hall–Kier alpha value is -4.85. The van der Waals surface area contributed by atoms with Crippen LogP contribution in [0.3, 0.4) is 0 Å². The number of carbonyl (C=O) groups is 1. The molecular weight excluding hydrogens is 450 g/mol. The molecule has 0 spiro atoms. The molecule has 0 aliphatic heterocycles. The maximum atomic E-state index is 12.1. The van der Waals surface area contributed by atoms with Gasteiger partial charge in [0.05, 0.1) is 28.8 Å². The van der Waals surface area contributed by atoms with Crippen LogP contribution in [0.1, 0.15) is 13.8 Å². The summed E-state index contributed by atoms with van der Waals surface area (Å²) < 4.78 is 0. The van der Waals surface area contributed by atoms with E-state index >= 15 is 0 Å². The predicted molar refractivity (Wildman–Crippen MR) is 141 cm³/mol. The van der Waals surface area contributed by atoms with E-state index in [4.69, 9.17) is 0 Å². The Morgan fingerprint density at radius 1 is 0.917 bits per heavy atom. The number of anilines is 1. The Morgan fingerprint density at radius 3 is 2.67 bits per heavy atom. The Kier molecular flexibility index (Phi) is 5.26. The molecule has 1 aromatic carbocycles. The number of aromatic amines is 2. The predicted octanol–water partition coefficient (Wildman–Crippen LogP) is 5.82. The summed E-state index contributed by atoms with van der Waals surface area (Å²) in [5.41, 5.74) is 7.80. The summed E-state index contributed by atoms with van der Waals surface area (Å²) in [7, 11) is 0. The van der Waals surface area contributed by atoms with E-state index in [2.05, 4.69) is 47.6 Å². The zero-order chi connectivity index (χ0) is 24.6. The second-order valence-electron chi connectivity index (χ2n) is 8.96. The second-order valence-corrected chi connectivity index (χ2v) is 8.96. The van der Waals surface area contributed by atoms with E-state index < -0.39 is 0 Å². The number of pyridine rings is 3. The molecule has 3 N–H and O–H groups in total. The Bertz CT molecular complexity index is 1720. The molecule has 5 aromatic heterocycles. The number of aromatic nitrogens is 6. The summed E-state index contributed by atoms with van der Waals surface area (Å²) in [6, 6.07) is 17.9. The van der Waals surface area contributed by atoms with Crippen molar-refractivity contribution in [3.05, 3.63) is 79.4 Å². The van der Waals surface area contributed by atoms with E-state index in [0.29, 0.717) is 5.69 Å². The van der Waals surface area contributed by atoms with Crippen LogP contribution in [-0.4, -0.2) is 36.0 Å². The lowest BCUT2D eigenvalue weighted by Crippen LogP contribution is -2.17. The summed E-state index contributed by atoms with van der Waals surface area (Å²) in [4.78, 5) is 28.9. The average molecular weight is 474 g/mol. The van der Waals surface area contributed by atoms with Crippen molar-refractivity contribution >= 4 is 33.5 Å². The van der Waals surface area contributed by atoms with Crippen LogP contribution >= 0.6 is 0 Å². The van der Waals surface area contributed by atoms with Crippen molar-refractivity contribution in [1.29, 1.82) is 0 Å². The fourth-order valence-corrected chi connectivity index (χ4v) is 4.25. The quantitative estimate of drug-likeness (QED) is 0.292. The molecule has 0 bridgehead atoms. The van der Waals surface area contributed by atoms with Crippen molar-refractivity contribution < 1.29 is 4.79 Å². The van der Waals surface area contributed by atoms with Crippen molar-refractivity contribution in [3.8, 4) is 33.8 Å². The van der Waals surface area contributed by atoms with E-state index in [1.165, 1.54) is 0 Å². The lowest BCUT2D eigenvalue weighted by molar-refractivity contribution is -0.118. The fourth-order valence-electron chi connectivity index (χ4n) is 4.25. The number of hydrogen-bond donors (Lipinski definition) is 3. The summed E-state index contributed by atoms with van der Waals surface area (Å²) >= 11 is 0. The molecule has 0 radical (unpaired) electrons. The molecule has 6 aromatic rings. The molecule has 0 aliphatic carbocycles. The van der Waals surface area contributed by atoms with Crippen LogP contribution in [0.4, 0.5) is 5.69 Å². The summed E-state index contributed by atoms with van der Waals surface area (Å²) in [6.45, 7) is 3.72. The van der Waals surface area contributed by atoms with Gasteiger partial charge in [0.2, 0.25) is 5.91 Å². The molecule has 0 saturated heterocycles. The third-order valence-corrected chi connectivity index (χ3v) is 6.15. The van der Waals surface area contributed by atoms with Crippen molar-refractivity contribution in [2.75, 3.05) is 5.32 Å². The molecule has 1 amide bonds. The van der Waals surface area contributed by atoms with Gasteiger partial charge < -0.3 is 10.3 Å². The minimum absolute atomic E-state index is 0.0426. The Balaban J connectivity index is 1.41. The first-order valence-electron chi connectivity index (χ1n) is 11.7. The topological polar surface area (TPSA) is 112 Å². The zero-order valence-electron chi connectivity index (χ0n) is 19.8. The van der Waals surface area contributed by atoms with Gasteiger partial charge in [-0.1, -0.05) is 26.0 Å². The summed E-state index contributed by atoms with van der Waals surface area (Å²) in [5, 5.41) is 12.6. The molecule has 0 atom stereocenters. The van der Waals surface area contributed by atoms with E-state index in [1.807, 2.05) is 56.3 Å². The first kappa shape index (κ1) is 21.7. The maximum absolute atomic E-state index is 12.1. The number of nitrogens with one attached hydrogen (secondary N) is 3. The summed E-state index contributed by atoms with van der Waals surface area (Å²) in [5.74, 6) is -0.151. The molecule has 0 aliphatic rings. The number of benzene rings is 1. The highest BCUT2D eigenvalue weighted by molar-refractivity contribution is 6.00. The normalized spacial score (nSPS) is 11.4. The molecule has 6 rings (SSSR count). The van der Waals surface area contributed by atoms with Gasteiger partial charge in [-0.05, 0) is 48.0 Å². The Morgan fingerprint density at radius 2 is 1.83 bits per heavy atom. The van der Waals surface area contributed by atoms with Crippen molar-refractivity contribution in [3.63, 3.8) is 0 Å². The lowest BCUT2D eigenvalue weighted by Gasteiger charge is -2.09. The highest BCUT2D eigenvalue weighted by Crippen LogP contribution is 2.34. The molecule has 0 saturated carbocycles. The maximum Gasteiger partial charge on any atom is 0.226 e. The number of fused-ring (bicyclic) bond motifs is 2. The van der Waals surface area contributed by atoms with Gasteiger partial charge in [-0.25, -0.2) is 4.98 Å². The zero-order valence-corrected chi connectivity index (χ0v) is 19.8. The number of carbonyl (C=O) groups excluding carboxylic acids is 1. The van der Waals surface area contributed by atoms with Gasteiger partial charge in [-0.15, -0.1) is 0 Å². The largest absolute Gasteiger partial charge is 0.338 e. The number of amides is 1. The smallest absolute Gasteiger partial charge is 0.226 e. The second kappa shape index (κ2) is 8.74. The van der Waals surface area contributed by atoms with Crippen molar-refractivity contribution in [2.45, 2.75) is 13.8 Å². The molecule has 36 heavy (non-hydrogen) atoms. The van der Waals surface area contributed by atoms with E-state index in [9.17, 15) is 4.79 Å². The highest BCUT2D eigenvalue weighted by atomic mass is 16.1. The van der Waals surface area contributed by atoms with Crippen LogP contribution in [0.25, 0.3) is 55.7 Å². The van der Waals surface area contributed by atoms with E-state index in [-0.39, 0.29) is 11.8 Å². The third kappa shape index (κ3) is 3.88. The molecule has 0 unspecified atom stereocenters. The molecule has 8 nitrogen and oxygen atoms in total. The highest BCUT2D eigenvalue weighted by Gasteiger charge is 2.15. The SMILES string of the molecule is CC(C)C(=O)Nc1cncc(-c2ccc3[nH]nc(-c4cc5c(-c6ccccn6)ccnc5[nH]4)c3c2)c1. The van der Waals surface area contributed by atoms with Gasteiger partial charge in [0.25, 0.3) is 0 Å². The van der Waals surface area contributed by atoms with Crippen LogP contribution in [0.5, 0.6) is 0 Å². The molecule has 8 heteroatoms. The molecular formula is C28H23N7O. The van der Waals surface area contributed by atoms with E-state index in [0.717, 1.165) is 55.7 Å². The number of nitrogens with zero attached hydrogens (tertiary/aromatic N) is 4. The van der Waals surface area contributed by atoms with Crippen LogP contribution in [0.2, 0.25) is 0 Å². The molecule has 5 heterocycles. The van der Waals surface area contributed by atoms with Crippen LogP contribution in [0, 0.1) is 5.92 Å². The lowest BCUT2D eigenvalue weighted by atomic mass is 10.0. The molecule has 0 fully saturated rings. The minimum Gasteiger partial charge on any atom is -0.338 e. The first-order chi connectivity index (χ1) is 17.6. The van der Waals surface area contributed by atoms with Gasteiger partial charge in [-0.3, -0.25) is 19.9 Å². The number of hydrogen-bond acceptors (Lipinski definition) is 5. The van der Waals surface area contributed by atoms with Crippen molar-refractivity contribution in [1.82, 2.24) is 30.1 Å². The van der Waals surface area contributed by atoms with Crippen LogP contribution in [0.15, 0.2) is 79.4 Å². The Labute approximate surface area is 206 Å². The molecule has 176 valence electrons. The first-order valence-corrected chi connectivity index (χ1v) is 11.7. The fraction of sp³-hybridized carbons (Fsp3) is 0.107. The van der Waals surface area contributed by atoms with Gasteiger partial charge in [0.15, 0.2) is 0 Å². The monoisotopic (exact) mass is 473 g/mol. The van der Waals surface area contributed by atoms with Gasteiger partial charge >= 0.3 is 0 Å². The third-order valence-electron chi connectivity index (χ3n) is 6.15. The minimum atomic E-state index is -0.109. The van der Waals surface area contributed by atoms with Crippen LogP contribution in [-0.2, 0) is 4.79 Å². The van der Waals surface area contributed by atoms with Crippen molar-refractivity contribution in [2.24, 2.45) is 5.92 Å². The summed E-state index contributed by atoms with van der Waals surface area (Å²) in [6.07, 6.45) is 7.02.